The van der Waals surface area contributed by atoms with Crippen LogP contribution in [-0.4, -0.2) is 46.0 Å². The lowest BCUT2D eigenvalue weighted by Crippen LogP contribution is -2.35. The fraction of sp³-hybridized carbons (Fsp3) is 0.700. The second kappa shape index (κ2) is 8.35. The van der Waals surface area contributed by atoms with Crippen LogP contribution in [0.1, 0.15) is 50.3 Å². The molecule has 6 heteroatoms. The Bertz CT molecular complexity index is 689. The summed E-state index contributed by atoms with van der Waals surface area (Å²) in [6.45, 7) is 7.61. The molecule has 2 aromatic heterocycles. The standard InChI is InChI=1S/C20H30N4O2/c1-2-25-11-10-24-19-8-9-23(12-16-6-4-3-5-7-16)13-17(19)20(22-24)18-14-26-15-21-18/h14-16H,2-13H2,1H3. The van der Waals surface area contributed by atoms with Crippen LogP contribution in [0.15, 0.2) is 17.1 Å². The quantitative estimate of drug-likeness (QED) is 0.709. The van der Waals surface area contributed by atoms with E-state index in [-0.39, 0.29) is 0 Å². The van der Waals surface area contributed by atoms with E-state index >= 15 is 0 Å². The van der Waals surface area contributed by atoms with Crippen molar-refractivity contribution in [2.45, 2.75) is 58.5 Å². The third kappa shape index (κ3) is 3.86. The average molecular weight is 358 g/mol. The third-order valence-corrected chi connectivity index (χ3v) is 5.78. The van der Waals surface area contributed by atoms with E-state index in [4.69, 9.17) is 14.3 Å². The van der Waals surface area contributed by atoms with E-state index in [1.54, 1.807) is 6.26 Å². The highest BCUT2D eigenvalue weighted by Crippen LogP contribution is 2.31. The van der Waals surface area contributed by atoms with Crippen LogP contribution in [-0.2, 0) is 24.2 Å². The van der Waals surface area contributed by atoms with Crippen LogP contribution >= 0.6 is 0 Å². The number of oxazole rings is 1. The van der Waals surface area contributed by atoms with Gasteiger partial charge < -0.3 is 9.15 Å². The Morgan fingerprint density at radius 2 is 2.15 bits per heavy atom. The topological polar surface area (TPSA) is 56.3 Å². The summed E-state index contributed by atoms with van der Waals surface area (Å²) in [5.74, 6) is 0.869. The Morgan fingerprint density at radius 1 is 1.27 bits per heavy atom. The molecule has 1 aliphatic heterocycles. The van der Waals surface area contributed by atoms with Gasteiger partial charge in [-0.3, -0.25) is 9.58 Å². The van der Waals surface area contributed by atoms with Gasteiger partial charge in [0.05, 0.1) is 13.2 Å². The molecule has 0 saturated heterocycles. The fourth-order valence-corrected chi connectivity index (χ4v) is 4.45. The Kier molecular flexibility index (Phi) is 5.70. The van der Waals surface area contributed by atoms with Crippen LogP contribution < -0.4 is 0 Å². The lowest BCUT2D eigenvalue weighted by molar-refractivity contribution is 0.134. The molecule has 1 fully saturated rings. The highest BCUT2D eigenvalue weighted by atomic mass is 16.5. The lowest BCUT2D eigenvalue weighted by atomic mass is 9.88. The van der Waals surface area contributed by atoms with Crippen molar-refractivity contribution in [1.29, 1.82) is 0 Å². The van der Waals surface area contributed by atoms with Gasteiger partial charge in [-0.15, -0.1) is 0 Å². The second-order valence-electron chi connectivity index (χ2n) is 7.56. The number of nitrogens with zero attached hydrogens (tertiary/aromatic N) is 4. The molecule has 0 N–H and O–H groups in total. The molecular formula is C20H30N4O2. The van der Waals surface area contributed by atoms with Gasteiger partial charge in [0.2, 0.25) is 0 Å². The van der Waals surface area contributed by atoms with Crippen molar-refractivity contribution in [3.63, 3.8) is 0 Å². The van der Waals surface area contributed by atoms with Gasteiger partial charge in [0.25, 0.3) is 0 Å². The minimum atomic E-state index is 0.703. The normalized spacial score (nSPS) is 19.0. The zero-order valence-electron chi connectivity index (χ0n) is 15.8. The minimum Gasteiger partial charge on any atom is -0.451 e. The van der Waals surface area contributed by atoms with E-state index in [2.05, 4.69) is 14.6 Å². The molecule has 0 atom stereocenters. The minimum absolute atomic E-state index is 0.703. The van der Waals surface area contributed by atoms with Crippen LogP contribution in [0.3, 0.4) is 0 Å². The summed E-state index contributed by atoms with van der Waals surface area (Å²) in [5, 5.41) is 4.87. The number of fused-ring (bicyclic) bond motifs is 1. The number of ether oxygens (including phenoxy) is 1. The van der Waals surface area contributed by atoms with Gasteiger partial charge in [-0.25, -0.2) is 4.98 Å². The van der Waals surface area contributed by atoms with E-state index in [1.807, 2.05) is 6.92 Å². The van der Waals surface area contributed by atoms with Gasteiger partial charge >= 0.3 is 0 Å². The van der Waals surface area contributed by atoms with E-state index in [0.717, 1.165) is 50.0 Å². The Balaban J connectivity index is 1.53. The molecule has 142 valence electrons. The van der Waals surface area contributed by atoms with Crippen molar-refractivity contribution >= 4 is 0 Å². The monoisotopic (exact) mass is 358 g/mol. The van der Waals surface area contributed by atoms with E-state index < -0.39 is 0 Å². The predicted octanol–water partition coefficient (Wildman–Crippen LogP) is 3.51. The highest BCUT2D eigenvalue weighted by Gasteiger charge is 2.28. The van der Waals surface area contributed by atoms with Crippen LogP contribution in [0.2, 0.25) is 0 Å². The van der Waals surface area contributed by atoms with Crippen LogP contribution in [0.5, 0.6) is 0 Å². The first-order chi connectivity index (χ1) is 12.8. The predicted molar refractivity (Wildman–Crippen MR) is 99.8 cm³/mol. The molecule has 2 aromatic rings. The molecular weight excluding hydrogens is 328 g/mol. The SMILES string of the molecule is CCOCCn1nc(-c2cocn2)c2c1CCN(CC1CCCCC1)C2. The Labute approximate surface area is 155 Å². The maximum Gasteiger partial charge on any atom is 0.181 e. The molecule has 3 heterocycles. The molecule has 0 aromatic carbocycles. The smallest absolute Gasteiger partial charge is 0.181 e. The summed E-state index contributed by atoms with van der Waals surface area (Å²) in [7, 11) is 0. The van der Waals surface area contributed by atoms with Crippen molar-refractivity contribution in [1.82, 2.24) is 19.7 Å². The molecule has 26 heavy (non-hydrogen) atoms. The highest BCUT2D eigenvalue weighted by molar-refractivity contribution is 5.59. The largest absolute Gasteiger partial charge is 0.451 e. The van der Waals surface area contributed by atoms with Crippen LogP contribution in [0.4, 0.5) is 0 Å². The van der Waals surface area contributed by atoms with Crippen molar-refractivity contribution in [3.8, 4) is 11.4 Å². The van der Waals surface area contributed by atoms with Gasteiger partial charge in [-0.2, -0.15) is 5.10 Å². The van der Waals surface area contributed by atoms with Gasteiger partial charge in [-0.05, 0) is 25.7 Å². The van der Waals surface area contributed by atoms with Gasteiger partial charge in [-0.1, -0.05) is 19.3 Å². The maximum atomic E-state index is 5.54. The molecule has 1 saturated carbocycles. The number of rotatable bonds is 7. The van der Waals surface area contributed by atoms with Crippen molar-refractivity contribution < 1.29 is 9.15 Å². The summed E-state index contributed by atoms with van der Waals surface area (Å²) in [5.41, 5.74) is 4.51. The zero-order valence-corrected chi connectivity index (χ0v) is 15.8. The molecule has 0 unspecified atom stereocenters. The number of hydrogen-bond donors (Lipinski definition) is 0. The molecule has 1 aliphatic carbocycles. The van der Waals surface area contributed by atoms with E-state index in [1.165, 1.54) is 56.3 Å². The van der Waals surface area contributed by atoms with Crippen molar-refractivity contribution in [2.75, 3.05) is 26.3 Å². The number of aromatic nitrogens is 3. The van der Waals surface area contributed by atoms with Crippen LogP contribution in [0.25, 0.3) is 11.4 Å². The summed E-state index contributed by atoms with van der Waals surface area (Å²) >= 11 is 0. The summed E-state index contributed by atoms with van der Waals surface area (Å²) in [6, 6.07) is 0. The summed E-state index contributed by atoms with van der Waals surface area (Å²) in [4.78, 5) is 6.97. The Hall–Kier alpha value is -1.66. The molecule has 0 radical (unpaired) electrons. The molecule has 0 spiro atoms. The fourth-order valence-electron chi connectivity index (χ4n) is 4.45. The molecule has 0 bridgehead atoms. The maximum absolute atomic E-state index is 5.54. The first-order valence-corrected chi connectivity index (χ1v) is 10.1. The second-order valence-corrected chi connectivity index (χ2v) is 7.56. The molecule has 6 nitrogen and oxygen atoms in total. The van der Waals surface area contributed by atoms with Gasteiger partial charge in [0, 0.05) is 43.9 Å². The van der Waals surface area contributed by atoms with Gasteiger partial charge in [0.1, 0.15) is 17.7 Å². The first kappa shape index (κ1) is 17.7. The Morgan fingerprint density at radius 3 is 2.92 bits per heavy atom. The summed E-state index contributed by atoms with van der Waals surface area (Å²) < 4.78 is 12.9. The van der Waals surface area contributed by atoms with Gasteiger partial charge in [0.15, 0.2) is 6.39 Å². The molecule has 4 rings (SSSR count). The average Bonchev–Trinajstić information content (AvgIpc) is 3.31. The zero-order chi connectivity index (χ0) is 17.8. The van der Waals surface area contributed by atoms with E-state index in [0.29, 0.717) is 6.61 Å². The molecule has 0 amide bonds. The summed E-state index contributed by atoms with van der Waals surface area (Å²) in [6.07, 6.45) is 11.3. The number of hydrogen-bond acceptors (Lipinski definition) is 5. The first-order valence-electron chi connectivity index (χ1n) is 10.1. The van der Waals surface area contributed by atoms with Crippen molar-refractivity contribution in [3.05, 3.63) is 23.9 Å². The van der Waals surface area contributed by atoms with Crippen molar-refractivity contribution in [2.24, 2.45) is 5.92 Å². The van der Waals surface area contributed by atoms with Crippen LogP contribution in [0, 0.1) is 5.92 Å². The lowest BCUT2D eigenvalue weighted by Gasteiger charge is -2.32. The molecule has 2 aliphatic rings. The third-order valence-electron chi connectivity index (χ3n) is 5.78. The van der Waals surface area contributed by atoms with E-state index in [9.17, 15) is 0 Å².